The molecule has 0 atom stereocenters. The molecule has 1 aromatic heterocycles. The summed E-state index contributed by atoms with van der Waals surface area (Å²) in [4.78, 5) is 28.4. The van der Waals surface area contributed by atoms with Crippen molar-refractivity contribution >= 4 is 5.97 Å². The molecule has 6 heteroatoms. The minimum atomic E-state index is -1.06. The number of hydrogen-bond acceptors (Lipinski definition) is 4. The number of aromatic carboxylic acids is 1. The van der Waals surface area contributed by atoms with Crippen molar-refractivity contribution in [2.75, 3.05) is 0 Å². The Bertz CT molecular complexity index is 649. The van der Waals surface area contributed by atoms with Crippen LogP contribution in [0.1, 0.15) is 15.9 Å². The van der Waals surface area contributed by atoms with E-state index in [1.165, 1.54) is 24.5 Å². The SMILES string of the molecule is Cc1ccc(C(=O)O)cc1Oc1ncc[nH]c1=O. The fourth-order valence-corrected chi connectivity index (χ4v) is 1.36. The van der Waals surface area contributed by atoms with Crippen molar-refractivity contribution in [3.8, 4) is 11.6 Å². The number of benzene rings is 1. The molecule has 2 N–H and O–H groups in total. The van der Waals surface area contributed by atoms with Crippen molar-refractivity contribution in [2.45, 2.75) is 6.92 Å². The molecule has 2 rings (SSSR count). The Labute approximate surface area is 102 Å². The number of carboxylic acids is 1. The molecule has 0 amide bonds. The summed E-state index contributed by atoms with van der Waals surface area (Å²) in [6.07, 6.45) is 2.77. The van der Waals surface area contributed by atoms with E-state index in [4.69, 9.17) is 9.84 Å². The van der Waals surface area contributed by atoms with Crippen molar-refractivity contribution in [3.05, 3.63) is 52.1 Å². The summed E-state index contributed by atoms with van der Waals surface area (Å²) in [5.74, 6) is -0.892. The highest BCUT2D eigenvalue weighted by Crippen LogP contribution is 2.23. The van der Waals surface area contributed by atoms with Gasteiger partial charge in [-0.15, -0.1) is 0 Å². The molecule has 0 fully saturated rings. The van der Waals surface area contributed by atoms with Gasteiger partial charge in [0.15, 0.2) is 0 Å². The number of ether oxygens (including phenoxy) is 1. The van der Waals surface area contributed by atoms with E-state index < -0.39 is 11.5 Å². The fraction of sp³-hybridized carbons (Fsp3) is 0.0833. The minimum absolute atomic E-state index is 0.0861. The molecule has 0 saturated heterocycles. The predicted octanol–water partition coefficient (Wildman–Crippen LogP) is 1.57. The molecule has 0 aliphatic rings. The number of H-pyrrole nitrogens is 1. The predicted molar refractivity (Wildman–Crippen MR) is 63.1 cm³/mol. The van der Waals surface area contributed by atoms with Crippen LogP contribution in [0.5, 0.6) is 11.6 Å². The Morgan fingerprint density at radius 2 is 2.22 bits per heavy atom. The van der Waals surface area contributed by atoms with Gasteiger partial charge in [0, 0.05) is 12.4 Å². The molecule has 0 bridgehead atoms. The number of carbonyl (C=O) groups is 1. The Morgan fingerprint density at radius 3 is 2.89 bits per heavy atom. The summed E-state index contributed by atoms with van der Waals surface area (Å²) in [7, 11) is 0. The van der Waals surface area contributed by atoms with E-state index in [2.05, 4.69) is 9.97 Å². The molecule has 1 heterocycles. The zero-order valence-electron chi connectivity index (χ0n) is 9.51. The van der Waals surface area contributed by atoms with Crippen LogP contribution in [-0.4, -0.2) is 21.0 Å². The van der Waals surface area contributed by atoms with Gasteiger partial charge in [0.1, 0.15) is 5.75 Å². The zero-order chi connectivity index (χ0) is 13.1. The van der Waals surface area contributed by atoms with Gasteiger partial charge in [-0.3, -0.25) is 4.79 Å². The molecule has 0 aliphatic carbocycles. The molecule has 0 radical (unpaired) electrons. The summed E-state index contributed by atoms with van der Waals surface area (Å²) in [6, 6.07) is 4.43. The normalized spacial score (nSPS) is 10.1. The van der Waals surface area contributed by atoms with E-state index >= 15 is 0 Å². The van der Waals surface area contributed by atoms with Gasteiger partial charge in [0.25, 0.3) is 5.88 Å². The maximum Gasteiger partial charge on any atom is 0.335 e. The second-order valence-electron chi connectivity index (χ2n) is 3.61. The van der Waals surface area contributed by atoms with Crippen LogP contribution in [0, 0.1) is 6.92 Å². The summed E-state index contributed by atoms with van der Waals surface area (Å²) in [5, 5.41) is 8.88. The molecule has 0 spiro atoms. The second kappa shape index (κ2) is 4.70. The Kier molecular flexibility index (Phi) is 3.09. The van der Waals surface area contributed by atoms with Crippen LogP contribution in [0.2, 0.25) is 0 Å². The molecule has 0 aliphatic heterocycles. The van der Waals surface area contributed by atoms with Gasteiger partial charge in [0.05, 0.1) is 5.56 Å². The van der Waals surface area contributed by atoms with E-state index in [-0.39, 0.29) is 11.4 Å². The van der Waals surface area contributed by atoms with Crippen molar-refractivity contribution in [2.24, 2.45) is 0 Å². The summed E-state index contributed by atoms with van der Waals surface area (Å²) >= 11 is 0. The number of rotatable bonds is 3. The van der Waals surface area contributed by atoms with Crippen LogP contribution < -0.4 is 10.3 Å². The molecular weight excluding hydrogens is 236 g/mol. The third kappa shape index (κ3) is 2.37. The van der Waals surface area contributed by atoms with Crippen LogP contribution >= 0.6 is 0 Å². The van der Waals surface area contributed by atoms with Crippen LogP contribution in [0.15, 0.2) is 35.4 Å². The van der Waals surface area contributed by atoms with Crippen molar-refractivity contribution in [1.82, 2.24) is 9.97 Å². The van der Waals surface area contributed by atoms with E-state index in [0.29, 0.717) is 11.3 Å². The smallest absolute Gasteiger partial charge is 0.335 e. The minimum Gasteiger partial charge on any atom is -0.478 e. The lowest BCUT2D eigenvalue weighted by molar-refractivity contribution is 0.0696. The first-order chi connectivity index (χ1) is 8.58. The third-order valence-electron chi connectivity index (χ3n) is 2.32. The number of aromatic nitrogens is 2. The highest BCUT2D eigenvalue weighted by Gasteiger charge is 2.10. The van der Waals surface area contributed by atoms with E-state index in [1.54, 1.807) is 13.0 Å². The lowest BCUT2D eigenvalue weighted by Crippen LogP contribution is -2.10. The van der Waals surface area contributed by atoms with Crippen LogP contribution in [0.4, 0.5) is 0 Å². The van der Waals surface area contributed by atoms with Crippen LogP contribution in [0.25, 0.3) is 0 Å². The average Bonchev–Trinajstić information content (AvgIpc) is 2.34. The largest absolute Gasteiger partial charge is 0.478 e. The van der Waals surface area contributed by atoms with Gasteiger partial charge in [-0.05, 0) is 24.6 Å². The number of aromatic amines is 1. The van der Waals surface area contributed by atoms with Crippen molar-refractivity contribution in [1.29, 1.82) is 0 Å². The maximum absolute atomic E-state index is 11.4. The Balaban J connectivity index is 2.40. The highest BCUT2D eigenvalue weighted by atomic mass is 16.5. The molecule has 1 aromatic carbocycles. The summed E-state index contributed by atoms with van der Waals surface area (Å²) in [5.41, 5.74) is 0.325. The number of nitrogens with one attached hydrogen (secondary N) is 1. The molecule has 0 saturated carbocycles. The average molecular weight is 246 g/mol. The standard InChI is InChI=1S/C12H10N2O4/c1-7-2-3-8(12(16)17)6-9(7)18-11-10(15)13-4-5-14-11/h2-6H,1H3,(H,13,15)(H,16,17). The first kappa shape index (κ1) is 11.8. The lowest BCUT2D eigenvalue weighted by Gasteiger charge is -2.07. The molecule has 0 unspecified atom stereocenters. The van der Waals surface area contributed by atoms with Gasteiger partial charge in [-0.2, -0.15) is 0 Å². The third-order valence-corrected chi connectivity index (χ3v) is 2.32. The van der Waals surface area contributed by atoms with E-state index in [1.807, 2.05) is 0 Å². The monoisotopic (exact) mass is 246 g/mol. The zero-order valence-corrected chi connectivity index (χ0v) is 9.51. The van der Waals surface area contributed by atoms with Gasteiger partial charge in [-0.25, -0.2) is 9.78 Å². The Hall–Kier alpha value is -2.63. The summed E-state index contributed by atoms with van der Waals surface area (Å²) in [6.45, 7) is 1.75. The van der Waals surface area contributed by atoms with Crippen molar-refractivity contribution < 1.29 is 14.6 Å². The van der Waals surface area contributed by atoms with E-state index in [9.17, 15) is 9.59 Å². The molecule has 6 nitrogen and oxygen atoms in total. The molecule has 92 valence electrons. The number of hydrogen-bond donors (Lipinski definition) is 2. The number of aryl methyl sites for hydroxylation is 1. The topological polar surface area (TPSA) is 92.3 Å². The quantitative estimate of drug-likeness (QED) is 0.857. The van der Waals surface area contributed by atoms with Crippen LogP contribution in [0.3, 0.4) is 0 Å². The summed E-state index contributed by atoms with van der Waals surface area (Å²) < 4.78 is 5.31. The first-order valence-corrected chi connectivity index (χ1v) is 5.13. The highest BCUT2D eigenvalue weighted by molar-refractivity contribution is 5.88. The van der Waals surface area contributed by atoms with E-state index in [0.717, 1.165) is 0 Å². The first-order valence-electron chi connectivity index (χ1n) is 5.13. The number of nitrogens with zero attached hydrogens (tertiary/aromatic N) is 1. The molecular formula is C12H10N2O4. The molecule has 2 aromatic rings. The number of carboxylic acid groups (broad SMARTS) is 1. The van der Waals surface area contributed by atoms with Gasteiger partial charge >= 0.3 is 11.5 Å². The van der Waals surface area contributed by atoms with Gasteiger partial charge in [0.2, 0.25) is 0 Å². The molecule has 18 heavy (non-hydrogen) atoms. The maximum atomic E-state index is 11.4. The van der Waals surface area contributed by atoms with Crippen LogP contribution in [-0.2, 0) is 0 Å². The van der Waals surface area contributed by atoms with Gasteiger partial charge < -0.3 is 14.8 Å². The Morgan fingerprint density at radius 1 is 1.44 bits per heavy atom. The lowest BCUT2D eigenvalue weighted by atomic mass is 10.1. The van der Waals surface area contributed by atoms with Crippen molar-refractivity contribution in [3.63, 3.8) is 0 Å². The second-order valence-corrected chi connectivity index (χ2v) is 3.61. The fourth-order valence-electron chi connectivity index (χ4n) is 1.36. The van der Waals surface area contributed by atoms with Gasteiger partial charge in [-0.1, -0.05) is 6.07 Å².